The van der Waals surface area contributed by atoms with E-state index < -0.39 is 5.97 Å². The minimum atomic E-state index is -0.416. The summed E-state index contributed by atoms with van der Waals surface area (Å²) in [6.45, 7) is 8.58. The van der Waals surface area contributed by atoms with Crippen LogP contribution < -0.4 is 5.32 Å². The van der Waals surface area contributed by atoms with Gasteiger partial charge in [-0.05, 0) is 57.7 Å². The Morgan fingerprint density at radius 3 is 2.43 bits per heavy atom. The predicted octanol–water partition coefficient (Wildman–Crippen LogP) is 3.15. The van der Waals surface area contributed by atoms with Crippen LogP contribution in [0.1, 0.15) is 67.8 Å². The fourth-order valence-electron chi connectivity index (χ4n) is 3.95. The lowest BCUT2D eigenvalue weighted by molar-refractivity contribution is 0.0524. The molecule has 1 aliphatic heterocycles. The van der Waals surface area contributed by atoms with Gasteiger partial charge in [0.15, 0.2) is 0 Å². The van der Waals surface area contributed by atoms with Crippen LogP contribution in [0.2, 0.25) is 0 Å². The zero-order chi connectivity index (χ0) is 21.8. The summed E-state index contributed by atoms with van der Waals surface area (Å²) in [5, 5.41) is 3.08. The molecule has 0 saturated carbocycles. The van der Waals surface area contributed by atoms with Crippen molar-refractivity contribution < 1.29 is 19.1 Å². The van der Waals surface area contributed by atoms with Crippen molar-refractivity contribution in [3.63, 3.8) is 0 Å². The third-order valence-electron chi connectivity index (χ3n) is 5.64. The molecule has 0 spiro atoms. The van der Waals surface area contributed by atoms with Crippen LogP contribution in [0.3, 0.4) is 0 Å². The molecule has 7 nitrogen and oxygen atoms in total. The van der Waals surface area contributed by atoms with Crippen molar-refractivity contribution in [3.05, 3.63) is 57.9 Å². The molecule has 1 aromatic carbocycles. The van der Waals surface area contributed by atoms with Crippen molar-refractivity contribution in [2.45, 2.75) is 46.6 Å². The number of benzene rings is 1. The monoisotopic (exact) mass is 411 g/mol. The third-order valence-corrected chi connectivity index (χ3v) is 5.64. The number of carbonyl (C=O) groups excluding carboxylic acids is 3. The molecule has 2 N–H and O–H groups in total. The maximum Gasteiger partial charge on any atom is 0.340 e. The number of nitrogens with zero attached hydrogens (tertiary/aromatic N) is 1. The van der Waals surface area contributed by atoms with Crippen LogP contribution in [0, 0.1) is 20.8 Å². The second-order valence-electron chi connectivity index (χ2n) is 7.70. The molecule has 3 rings (SSSR count). The van der Waals surface area contributed by atoms with E-state index in [1.807, 2.05) is 31.2 Å². The van der Waals surface area contributed by atoms with Gasteiger partial charge in [0.25, 0.3) is 11.8 Å². The Kier molecular flexibility index (Phi) is 6.59. The van der Waals surface area contributed by atoms with Crippen molar-refractivity contribution in [2.75, 3.05) is 19.7 Å². The highest BCUT2D eigenvalue weighted by Crippen LogP contribution is 2.22. The minimum absolute atomic E-state index is 0.0303. The van der Waals surface area contributed by atoms with Gasteiger partial charge in [-0.2, -0.15) is 0 Å². The minimum Gasteiger partial charge on any atom is -0.462 e. The quantitative estimate of drug-likeness (QED) is 0.740. The van der Waals surface area contributed by atoms with Gasteiger partial charge in [0.1, 0.15) is 5.69 Å². The van der Waals surface area contributed by atoms with Crippen LogP contribution in [0.15, 0.2) is 24.3 Å². The van der Waals surface area contributed by atoms with Gasteiger partial charge in [0.05, 0.1) is 12.2 Å². The lowest BCUT2D eigenvalue weighted by Gasteiger charge is -2.32. The molecule has 2 amide bonds. The van der Waals surface area contributed by atoms with Crippen LogP contribution in [-0.4, -0.2) is 53.4 Å². The highest BCUT2D eigenvalue weighted by Gasteiger charge is 2.29. The predicted molar refractivity (Wildman–Crippen MR) is 114 cm³/mol. The van der Waals surface area contributed by atoms with Crippen molar-refractivity contribution in [2.24, 2.45) is 0 Å². The van der Waals surface area contributed by atoms with Crippen LogP contribution in [0.25, 0.3) is 0 Å². The number of hydrogen-bond donors (Lipinski definition) is 2. The fraction of sp³-hybridized carbons (Fsp3) is 0.435. The summed E-state index contributed by atoms with van der Waals surface area (Å²) in [5.74, 6) is -0.622. The number of hydrogen-bond acceptors (Lipinski definition) is 4. The molecule has 0 bridgehead atoms. The van der Waals surface area contributed by atoms with E-state index in [1.165, 1.54) is 0 Å². The number of ether oxygens (including phenoxy) is 1. The number of aromatic nitrogens is 1. The highest BCUT2D eigenvalue weighted by atomic mass is 16.5. The molecule has 160 valence electrons. The second-order valence-corrected chi connectivity index (χ2v) is 7.70. The van der Waals surface area contributed by atoms with Crippen molar-refractivity contribution in [1.29, 1.82) is 0 Å². The second kappa shape index (κ2) is 9.15. The van der Waals surface area contributed by atoms with E-state index in [0.29, 0.717) is 54.0 Å². The maximum absolute atomic E-state index is 13.0. The van der Waals surface area contributed by atoms with Gasteiger partial charge >= 0.3 is 5.97 Å². The number of likely N-dealkylation sites (tertiary alicyclic amines) is 1. The first-order chi connectivity index (χ1) is 14.3. The zero-order valence-electron chi connectivity index (χ0n) is 18.0. The first-order valence-corrected chi connectivity index (χ1v) is 10.4. The summed E-state index contributed by atoms with van der Waals surface area (Å²) in [4.78, 5) is 42.6. The van der Waals surface area contributed by atoms with E-state index in [0.717, 1.165) is 5.56 Å². The molecule has 1 aromatic heterocycles. The smallest absolute Gasteiger partial charge is 0.340 e. The number of piperidine rings is 1. The number of rotatable bonds is 5. The Hall–Kier alpha value is -3.09. The number of esters is 1. The van der Waals surface area contributed by atoms with E-state index in [2.05, 4.69) is 10.3 Å². The number of nitrogens with one attached hydrogen (secondary N) is 2. The Morgan fingerprint density at radius 2 is 1.80 bits per heavy atom. The molecule has 2 aromatic rings. The van der Waals surface area contributed by atoms with Gasteiger partial charge in [-0.25, -0.2) is 4.79 Å². The summed E-state index contributed by atoms with van der Waals surface area (Å²) in [6, 6.07) is 7.53. The first-order valence-electron chi connectivity index (χ1n) is 10.4. The third kappa shape index (κ3) is 4.40. The molecule has 1 saturated heterocycles. The van der Waals surface area contributed by atoms with Crippen LogP contribution in [0.4, 0.5) is 0 Å². The van der Waals surface area contributed by atoms with E-state index in [4.69, 9.17) is 4.74 Å². The van der Waals surface area contributed by atoms with Gasteiger partial charge in [-0.3, -0.25) is 9.59 Å². The van der Waals surface area contributed by atoms with Gasteiger partial charge in [-0.1, -0.05) is 18.2 Å². The molecule has 7 heteroatoms. The lowest BCUT2D eigenvalue weighted by Crippen LogP contribution is -2.46. The molecular weight excluding hydrogens is 382 g/mol. The standard InChI is InChI=1S/C23H29N3O4/c1-5-30-23(29)19-15(3)20(24-16(19)4)22(28)26-12-10-17(11-13-26)25-21(27)18-9-7-6-8-14(18)2/h6-9,17,24H,5,10-13H2,1-4H3,(H,25,27). The molecule has 0 unspecified atom stereocenters. The van der Waals surface area contributed by atoms with Crippen molar-refractivity contribution >= 4 is 17.8 Å². The average molecular weight is 412 g/mol. The molecule has 0 radical (unpaired) electrons. The Morgan fingerprint density at radius 1 is 1.13 bits per heavy atom. The molecule has 2 heterocycles. The summed E-state index contributed by atoms with van der Waals surface area (Å²) >= 11 is 0. The number of aromatic amines is 1. The average Bonchev–Trinajstić information content (AvgIpc) is 3.02. The van der Waals surface area contributed by atoms with Gasteiger partial charge in [-0.15, -0.1) is 0 Å². The first kappa shape index (κ1) is 21.6. The highest BCUT2D eigenvalue weighted by molar-refractivity contribution is 6.00. The normalized spacial score (nSPS) is 14.5. The lowest BCUT2D eigenvalue weighted by atomic mass is 10.0. The van der Waals surface area contributed by atoms with E-state index in [9.17, 15) is 14.4 Å². The molecule has 30 heavy (non-hydrogen) atoms. The number of H-pyrrole nitrogens is 1. The SMILES string of the molecule is CCOC(=O)c1c(C)[nH]c(C(=O)N2CCC(NC(=O)c3ccccc3C)CC2)c1C. The van der Waals surface area contributed by atoms with Crippen LogP contribution in [-0.2, 0) is 4.74 Å². The Balaban J connectivity index is 1.62. The van der Waals surface area contributed by atoms with Gasteiger partial charge < -0.3 is 19.9 Å². The van der Waals surface area contributed by atoms with Gasteiger partial charge in [0.2, 0.25) is 0 Å². The Bertz CT molecular complexity index is 955. The molecule has 1 aliphatic rings. The maximum atomic E-state index is 13.0. The fourth-order valence-corrected chi connectivity index (χ4v) is 3.95. The van der Waals surface area contributed by atoms with E-state index >= 15 is 0 Å². The zero-order valence-corrected chi connectivity index (χ0v) is 18.0. The van der Waals surface area contributed by atoms with Crippen LogP contribution in [0.5, 0.6) is 0 Å². The van der Waals surface area contributed by atoms with Gasteiger partial charge in [0, 0.05) is 30.4 Å². The number of carbonyl (C=O) groups is 3. The summed E-state index contributed by atoms with van der Waals surface area (Å²) < 4.78 is 5.10. The Labute approximate surface area is 176 Å². The number of aryl methyl sites for hydroxylation is 2. The molecule has 0 aliphatic carbocycles. The van der Waals surface area contributed by atoms with Crippen LogP contribution >= 0.6 is 0 Å². The molecule has 1 fully saturated rings. The molecule has 0 atom stereocenters. The topological polar surface area (TPSA) is 91.5 Å². The van der Waals surface area contributed by atoms with Crippen molar-refractivity contribution in [3.8, 4) is 0 Å². The number of amides is 2. The summed E-state index contributed by atoms with van der Waals surface area (Å²) in [6.07, 6.45) is 1.37. The van der Waals surface area contributed by atoms with Crippen molar-refractivity contribution in [1.82, 2.24) is 15.2 Å². The molecular formula is C23H29N3O4. The largest absolute Gasteiger partial charge is 0.462 e. The van der Waals surface area contributed by atoms with E-state index in [-0.39, 0.29) is 24.5 Å². The summed E-state index contributed by atoms with van der Waals surface area (Å²) in [5.41, 5.74) is 3.73. The van der Waals surface area contributed by atoms with E-state index in [1.54, 1.807) is 25.7 Å². The summed E-state index contributed by atoms with van der Waals surface area (Å²) in [7, 11) is 0.